The molecule has 1 aromatic heterocycles. The van der Waals surface area contributed by atoms with Gasteiger partial charge < -0.3 is 15.0 Å². The highest BCUT2D eigenvalue weighted by Gasteiger charge is 2.32. The molecule has 2 aromatic carbocycles. The van der Waals surface area contributed by atoms with E-state index in [1.165, 1.54) is 42.6 Å². The molecule has 2 aliphatic carbocycles. The maximum atomic E-state index is 13.0. The largest absolute Gasteiger partial charge is 0.385 e. The van der Waals surface area contributed by atoms with Crippen LogP contribution in [0.3, 0.4) is 0 Å². The number of unbranched alkanes of at least 4 members (excludes halogenated alkanes) is 1. The number of nitrogens with zero attached hydrogens (tertiary/aromatic N) is 2. The predicted octanol–water partition coefficient (Wildman–Crippen LogP) is 7.04. The molecule has 0 radical (unpaired) electrons. The molecule has 196 valence electrons. The lowest BCUT2D eigenvalue weighted by Crippen LogP contribution is -2.25. The van der Waals surface area contributed by atoms with Crippen LogP contribution in [0.4, 0.5) is 5.13 Å². The molecule has 1 N–H and O–H groups in total. The molecule has 2 aliphatic rings. The average Bonchev–Trinajstić information content (AvgIpc) is 3.36. The molecule has 5 nitrogen and oxygen atoms in total. The summed E-state index contributed by atoms with van der Waals surface area (Å²) in [7, 11) is 0. The van der Waals surface area contributed by atoms with E-state index in [9.17, 15) is 9.59 Å². The summed E-state index contributed by atoms with van der Waals surface area (Å²) in [5.74, 6) is 0.680. The normalized spacial score (nSPS) is 16.0. The highest BCUT2D eigenvalue weighted by Crippen LogP contribution is 2.42. The number of hydrogen-bond donors (Lipinski definition) is 1. The van der Waals surface area contributed by atoms with Gasteiger partial charge in [0.25, 0.3) is 0 Å². The maximum absolute atomic E-state index is 13.0. The lowest BCUT2D eigenvalue weighted by molar-refractivity contribution is -0.107. The molecule has 1 heterocycles. The number of aldehydes is 1. The smallest absolute Gasteiger partial charge is 0.205 e. The Labute approximate surface area is 229 Å². The zero-order valence-electron chi connectivity index (χ0n) is 21.8. The fourth-order valence-electron chi connectivity index (χ4n) is 5.21. The van der Waals surface area contributed by atoms with Gasteiger partial charge in [-0.2, -0.15) is 0 Å². The number of allylic oxidation sites excluding steroid dienone is 2. The summed E-state index contributed by atoms with van der Waals surface area (Å²) in [5.41, 5.74) is 5.65. The number of carbonyl (C=O) groups is 2. The molecule has 0 spiro atoms. The van der Waals surface area contributed by atoms with E-state index in [1.54, 1.807) is 0 Å². The van der Waals surface area contributed by atoms with E-state index in [-0.39, 0.29) is 5.78 Å². The van der Waals surface area contributed by atoms with E-state index in [1.807, 2.05) is 24.3 Å². The number of fused-ring (bicyclic) bond motifs is 3. The summed E-state index contributed by atoms with van der Waals surface area (Å²) in [4.78, 5) is 31.7. The topological polar surface area (TPSA) is 62.3 Å². The molecule has 6 heteroatoms. The molecule has 5 rings (SSSR count). The summed E-state index contributed by atoms with van der Waals surface area (Å²) in [6.45, 7) is 6.51. The van der Waals surface area contributed by atoms with Gasteiger partial charge in [0, 0.05) is 42.9 Å². The molecule has 0 fully saturated rings. The van der Waals surface area contributed by atoms with E-state index in [0.717, 1.165) is 76.9 Å². The fraction of sp³-hybridized carbons (Fsp3) is 0.344. The van der Waals surface area contributed by atoms with Crippen molar-refractivity contribution in [1.82, 2.24) is 10.3 Å². The molecular weight excluding hydrogens is 490 g/mol. The highest BCUT2D eigenvalue weighted by molar-refractivity contribution is 7.18. The van der Waals surface area contributed by atoms with Crippen LogP contribution in [0.1, 0.15) is 71.3 Å². The summed E-state index contributed by atoms with van der Waals surface area (Å²) in [6, 6.07) is 16.3. The second kappa shape index (κ2) is 12.4. The van der Waals surface area contributed by atoms with Crippen LogP contribution in [0.5, 0.6) is 0 Å². The fourth-order valence-corrected chi connectivity index (χ4v) is 6.27. The van der Waals surface area contributed by atoms with Gasteiger partial charge in [0.1, 0.15) is 11.2 Å². The molecular formula is C32H35N3O2S. The number of nitrogens with one attached hydrogen (secondary N) is 1. The van der Waals surface area contributed by atoms with Crippen LogP contribution in [0.2, 0.25) is 0 Å². The van der Waals surface area contributed by atoms with Crippen molar-refractivity contribution in [2.75, 3.05) is 18.0 Å². The Balaban J connectivity index is 1.33. The second-order valence-corrected chi connectivity index (χ2v) is 11.1. The van der Waals surface area contributed by atoms with Crippen molar-refractivity contribution in [2.24, 2.45) is 5.92 Å². The Hall–Kier alpha value is -3.51. The van der Waals surface area contributed by atoms with E-state index in [0.29, 0.717) is 12.3 Å². The van der Waals surface area contributed by atoms with E-state index in [2.05, 4.69) is 53.2 Å². The minimum absolute atomic E-state index is 0.0921. The predicted molar refractivity (Wildman–Crippen MR) is 157 cm³/mol. The van der Waals surface area contributed by atoms with Gasteiger partial charge in [-0.25, -0.2) is 4.98 Å². The summed E-state index contributed by atoms with van der Waals surface area (Å²) < 4.78 is 0. The Morgan fingerprint density at radius 1 is 1.13 bits per heavy atom. The molecule has 38 heavy (non-hydrogen) atoms. The number of hydrogen-bond acceptors (Lipinski definition) is 6. The summed E-state index contributed by atoms with van der Waals surface area (Å²) in [6.07, 6.45) is 13.1. The van der Waals surface area contributed by atoms with Crippen LogP contribution in [-0.2, 0) is 11.3 Å². The number of thiazole rings is 1. The Morgan fingerprint density at radius 3 is 2.76 bits per heavy atom. The van der Waals surface area contributed by atoms with E-state index >= 15 is 0 Å². The lowest BCUT2D eigenvalue weighted by atomic mass is 9.99. The molecule has 3 aromatic rings. The number of rotatable bonds is 12. The van der Waals surface area contributed by atoms with E-state index < -0.39 is 0 Å². The second-order valence-electron chi connectivity index (χ2n) is 10.1. The van der Waals surface area contributed by atoms with Gasteiger partial charge in [-0.1, -0.05) is 85.0 Å². The summed E-state index contributed by atoms with van der Waals surface area (Å²) in [5, 5.41) is 4.22. The number of ketones is 1. The number of aromatic nitrogens is 1. The third-order valence-electron chi connectivity index (χ3n) is 7.41. The van der Waals surface area contributed by atoms with Crippen molar-refractivity contribution < 1.29 is 9.59 Å². The monoisotopic (exact) mass is 525 g/mol. The van der Waals surface area contributed by atoms with Gasteiger partial charge in [0.05, 0.1) is 5.69 Å². The lowest BCUT2D eigenvalue weighted by Gasteiger charge is -2.24. The summed E-state index contributed by atoms with van der Waals surface area (Å²) >= 11 is 1.52. The number of carbonyl (C=O) groups excluding carboxylic acids is 2. The van der Waals surface area contributed by atoms with Crippen LogP contribution < -0.4 is 10.2 Å². The quantitative estimate of drug-likeness (QED) is 0.122. The third-order valence-corrected chi connectivity index (χ3v) is 8.52. The minimum atomic E-state index is 0.0921. The standard InChI is InChI=1S/C32H35N3O2S/c1-23(33-19-8-9-21-36)26-16-14-25(15-17-26)22-35(20-18-24-10-4-2-3-5-11-24)32-34-29-27-12-6-7-13-28(27)30(37)31(29)38-32/h4,6-7,10,12-17,21,24,33H,1-3,5,8-9,11,18-20,22H2. The van der Waals surface area contributed by atoms with Crippen molar-refractivity contribution in [3.63, 3.8) is 0 Å². The van der Waals surface area contributed by atoms with Crippen molar-refractivity contribution >= 4 is 34.2 Å². The zero-order chi connectivity index (χ0) is 26.3. The van der Waals surface area contributed by atoms with Crippen molar-refractivity contribution in [3.8, 4) is 11.3 Å². The van der Waals surface area contributed by atoms with Gasteiger partial charge in [-0.3, -0.25) is 4.79 Å². The number of anilines is 1. The number of benzene rings is 2. The van der Waals surface area contributed by atoms with Crippen molar-refractivity contribution in [1.29, 1.82) is 0 Å². The van der Waals surface area contributed by atoms with Crippen LogP contribution in [0.15, 0.2) is 67.3 Å². The van der Waals surface area contributed by atoms with Gasteiger partial charge in [0.15, 0.2) is 5.13 Å². The molecule has 0 aliphatic heterocycles. The molecule has 0 saturated carbocycles. The van der Waals surface area contributed by atoms with E-state index in [4.69, 9.17) is 4.98 Å². The molecule has 1 atom stereocenters. The molecule has 0 bridgehead atoms. The first-order chi connectivity index (χ1) is 18.6. The van der Waals surface area contributed by atoms with Crippen LogP contribution in [-0.4, -0.2) is 30.1 Å². The third kappa shape index (κ3) is 5.97. The molecule has 0 amide bonds. The maximum Gasteiger partial charge on any atom is 0.205 e. The Kier molecular flexibility index (Phi) is 8.49. The van der Waals surface area contributed by atoms with Crippen molar-refractivity contribution in [2.45, 2.75) is 51.5 Å². The first-order valence-corrected chi connectivity index (χ1v) is 14.5. The minimum Gasteiger partial charge on any atom is -0.385 e. The van der Waals surface area contributed by atoms with Gasteiger partial charge in [-0.15, -0.1) is 0 Å². The van der Waals surface area contributed by atoms with Gasteiger partial charge >= 0.3 is 0 Å². The highest BCUT2D eigenvalue weighted by atomic mass is 32.1. The Morgan fingerprint density at radius 2 is 1.95 bits per heavy atom. The SMILES string of the molecule is C=C(NCCCC=O)c1ccc(CN(CCC2C=CCCCC2)c2nc3c(s2)C(=O)c2ccccc2-3)cc1. The first-order valence-electron chi connectivity index (χ1n) is 13.7. The van der Waals surface area contributed by atoms with Gasteiger partial charge in [-0.05, 0) is 49.1 Å². The average molecular weight is 526 g/mol. The van der Waals surface area contributed by atoms with Crippen molar-refractivity contribution in [3.05, 3.63) is 88.8 Å². The van der Waals surface area contributed by atoms with Crippen LogP contribution in [0, 0.1) is 5.92 Å². The zero-order valence-corrected chi connectivity index (χ0v) is 22.6. The van der Waals surface area contributed by atoms with Gasteiger partial charge in [0.2, 0.25) is 5.78 Å². The van der Waals surface area contributed by atoms with Crippen LogP contribution in [0.25, 0.3) is 17.0 Å². The molecule has 0 saturated heterocycles. The Bertz CT molecular complexity index is 1320. The first kappa shape index (κ1) is 26.1. The van der Waals surface area contributed by atoms with Crippen LogP contribution >= 0.6 is 11.3 Å². The molecule has 1 unspecified atom stereocenters.